The summed E-state index contributed by atoms with van der Waals surface area (Å²) in [5.74, 6) is 4.89. The minimum atomic E-state index is -0.804. The Morgan fingerprint density at radius 3 is 1.80 bits per heavy atom. The molecule has 1 amide bonds. The zero-order chi connectivity index (χ0) is 15.7. The zero-order valence-electron chi connectivity index (χ0n) is 11.2. The fourth-order valence-electron chi connectivity index (χ4n) is 1.37. The molecule has 108 valence electrons. The molecule has 9 nitrogen and oxygen atoms in total. The maximum absolute atomic E-state index is 12.1. The molecule has 0 aliphatic carbocycles. The summed E-state index contributed by atoms with van der Waals surface area (Å²) in [6.07, 6.45) is 0. The largest absolute Gasteiger partial charge is 0.277 e. The molecule has 0 spiro atoms. The van der Waals surface area contributed by atoms with Gasteiger partial charge >= 0.3 is 0 Å². The van der Waals surface area contributed by atoms with Gasteiger partial charge in [0.15, 0.2) is 0 Å². The number of hydrazine groups is 1. The summed E-state index contributed by atoms with van der Waals surface area (Å²) in [6, 6.07) is 2.70. The summed E-state index contributed by atoms with van der Waals surface area (Å²) in [4.78, 5) is 32.0. The Balaban J connectivity index is 3.34. The van der Waals surface area contributed by atoms with Crippen molar-refractivity contribution in [3.63, 3.8) is 0 Å². The molecule has 0 fully saturated rings. The summed E-state index contributed by atoms with van der Waals surface area (Å²) in [5, 5.41) is 22.4. The molecule has 0 saturated heterocycles. The van der Waals surface area contributed by atoms with Crippen molar-refractivity contribution in [2.75, 3.05) is 0 Å². The summed E-state index contributed by atoms with van der Waals surface area (Å²) in [7, 11) is 0. The van der Waals surface area contributed by atoms with Gasteiger partial charge in [0.1, 0.15) is 0 Å². The fourth-order valence-corrected chi connectivity index (χ4v) is 1.37. The molecule has 0 aromatic heterocycles. The number of nitro benzene ring substituents is 2. The Kier molecular flexibility index (Phi) is 4.04. The highest BCUT2D eigenvalue weighted by Gasteiger charge is 2.27. The van der Waals surface area contributed by atoms with Crippen LogP contribution in [0.25, 0.3) is 0 Å². The number of amides is 1. The smallest absolute Gasteiger partial charge is 0.271 e. The molecule has 0 unspecified atom stereocenters. The van der Waals surface area contributed by atoms with Crippen LogP contribution in [0.1, 0.15) is 31.1 Å². The molecule has 0 atom stereocenters. The van der Waals surface area contributed by atoms with Crippen molar-refractivity contribution >= 4 is 17.3 Å². The average Bonchev–Trinajstić information content (AvgIpc) is 2.35. The van der Waals surface area contributed by atoms with Crippen LogP contribution in [-0.4, -0.2) is 26.3 Å². The number of carbonyl (C=O) groups excluding carboxylic acids is 1. The van der Waals surface area contributed by atoms with Crippen molar-refractivity contribution in [2.24, 2.45) is 5.84 Å². The molecular formula is C11H14N4O5. The highest BCUT2D eigenvalue weighted by Crippen LogP contribution is 2.24. The van der Waals surface area contributed by atoms with Gasteiger partial charge < -0.3 is 0 Å². The van der Waals surface area contributed by atoms with Gasteiger partial charge in [0.2, 0.25) is 0 Å². The van der Waals surface area contributed by atoms with Gasteiger partial charge in [-0.2, -0.15) is 0 Å². The first-order valence-corrected chi connectivity index (χ1v) is 5.57. The predicted octanol–water partition coefficient (Wildman–Crippen LogP) is 1.62. The van der Waals surface area contributed by atoms with E-state index in [0.29, 0.717) is 0 Å². The van der Waals surface area contributed by atoms with Gasteiger partial charge in [0, 0.05) is 12.1 Å². The third kappa shape index (κ3) is 3.26. The molecule has 0 radical (unpaired) electrons. The molecule has 0 aliphatic heterocycles. The van der Waals surface area contributed by atoms with Crippen LogP contribution < -0.4 is 5.84 Å². The summed E-state index contributed by atoms with van der Waals surface area (Å²) >= 11 is 0. The molecule has 1 aromatic rings. The van der Waals surface area contributed by atoms with Gasteiger partial charge in [-0.3, -0.25) is 30.0 Å². The first-order chi connectivity index (χ1) is 9.04. The molecule has 9 heteroatoms. The van der Waals surface area contributed by atoms with E-state index in [9.17, 15) is 25.0 Å². The molecule has 20 heavy (non-hydrogen) atoms. The number of nitro groups is 2. The van der Waals surface area contributed by atoms with Crippen molar-refractivity contribution in [3.8, 4) is 0 Å². The SMILES string of the molecule is CC(C)(C)N(N)C(=O)c1cc([N+](=O)[O-])cc([N+](=O)[O-])c1. The van der Waals surface area contributed by atoms with Crippen molar-refractivity contribution in [2.45, 2.75) is 26.3 Å². The van der Waals surface area contributed by atoms with Gasteiger partial charge in [-0.1, -0.05) is 0 Å². The normalized spacial score (nSPS) is 11.0. The van der Waals surface area contributed by atoms with Gasteiger partial charge in [0.05, 0.1) is 27.0 Å². The second-order valence-electron chi connectivity index (χ2n) is 5.10. The molecular weight excluding hydrogens is 268 g/mol. The predicted molar refractivity (Wildman–Crippen MR) is 69.9 cm³/mol. The minimum absolute atomic E-state index is 0.205. The number of hydrogen-bond donors (Lipinski definition) is 1. The Labute approximate surface area is 114 Å². The third-order valence-corrected chi connectivity index (χ3v) is 2.51. The second-order valence-corrected chi connectivity index (χ2v) is 5.10. The van der Waals surface area contributed by atoms with Gasteiger partial charge in [-0.15, -0.1) is 0 Å². The molecule has 2 N–H and O–H groups in total. The van der Waals surface area contributed by atoms with E-state index >= 15 is 0 Å². The molecule has 0 heterocycles. The number of nitrogens with two attached hydrogens (primary N) is 1. The van der Waals surface area contributed by atoms with E-state index in [0.717, 1.165) is 23.2 Å². The Morgan fingerprint density at radius 1 is 1.10 bits per heavy atom. The van der Waals surface area contributed by atoms with Crippen LogP contribution in [0.3, 0.4) is 0 Å². The van der Waals surface area contributed by atoms with Crippen LogP contribution in [-0.2, 0) is 0 Å². The van der Waals surface area contributed by atoms with Crippen LogP contribution in [0, 0.1) is 20.2 Å². The molecule has 0 bridgehead atoms. The standard InChI is InChI=1S/C11H14N4O5/c1-11(2,3)13(12)10(16)7-4-8(14(17)18)6-9(5-7)15(19)20/h4-6H,12H2,1-3H3. The fraction of sp³-hybridized carbons (Fsp3) is 0.364. The van der Waals surface area contributed by atoms with E-state index < -0.39 is 32.7 Å². The Morgan fingerprint density at radius 2 is 1.50 bits per heavy atom. The molecule has 1 rings (SSSR count). The monoisotopic (exact) mass is 282 g/mol. The average molecular weight is 282 g/mol. The lowest BCUT2D eigenvalue weighted by molar-refractivity contribution is -0.394. The van der Waals surface area contributed by atoms with E-state index in [4.69, 9.17) is 5.84 Å². The van der Waals surface area contributed by atoms with E-state index in [1.807, 2.05) is 0 Å². The third-order valence-electron chi connectivity index (χ3n) is 2.51. The summed E-state index contributed by atoms with van der Waals surface area (Å²) < 4.78 is 0. The number of rotatable bonds is 3. The highest BCUT2D eigenvalue weighted by atomic mass is 16.6. The number of benzene rings is 1. The van der Waals surface area contributed by atoms with Crippen molar-refractivity contribution in [1.82, 2.24) is 5.01 Å². The quantitative estimate of drug-likeness (QED) is 0.387. The van der Waals surface area contributed by atoms with Crippen molar-refractivity contribution in [3.05, 3.63) is 44.0 Å². The number of hydrogen-bond acceptors (Lipinski definition) is 6. The van der Waals surface area contributed by atoms with Crippen molar-refractivity contribution in [1.29, 1.82) is 0 Å². The van der Waals surface area contributed by atoms with Crippen molar-refractivity contribution < 1.29 is 14.6 Å². The zero-order valence-corrected chi connectivity index (χ0v) is 11.2. The minimum Gasteiger partial charge on any atom is -0.271 e. The lowest BCUT2D eigenvalue weighted by Gasteiger charge is -2.30. The van der Waals surface area contributed by atoms with E-state index in [2.05, 4.69) is 0 Å². The van der Waals surface area contributed by atoms with Gasteiger partial charge in [-0.25, -0.2) is 5.84 Å². The van der Waals surface area contributed by atoms with Crippen LogP contribution in [0.2, 0.25) is 0 Å². The highest BCUT2D eigenvalue weighted by molar-refractivity contribution is 5.95. The summed E-state index contributed by atoms with van der Waals surface area (Å²) in [6.45, 7) is 4.99. The first kappa shape index (κ1) is 15.5. The Bertz CT molecular complexity index is 546. The Hall–Kier alpha value is -2.55. The number of nitrogens with zero attached hydrogens (tertiary/aromatic N) is 3. The van der Waals surface area contributed by atoms with Crippen LogP contribution in [0.5, 0.6) is 0 Å². The number of non-ortho nitro benzene ring substituents is 2. The van der Waals surface area contributed by atoms with E-state index in [-0.39, 0.29) is 5.56 Å². The van der Waals surface area contributed by atoms with Crippen LogP contribution in [0.4, 0.5) is 11.4 Å². The van der Waals surface area contributed by atoms with Crippen LogP contribution >= 0.6 is 0 Å². The lowest BCUT2D eigenvalue weighted by atomic mass is 10.1. The van der Waals surface area contributed by atoms with E-state index in [1.165, 1.54) is 0 Å². The lowest BCUT2D eigenvalue weighted by Crippen LogP contribution is -2.50. The van der Waals surface area contributed by atoms with Gasteiger partial charge in [0.25, 0.3) is 17.3 Å². The maximum Gasteiger partial charge on any atom is 0.277 e. The maximum atomic E-state index is 12.1. The topological polar surface area (TPSA) is 133 Å². The molecule has 0 saturated carbocycles. The van der Waals surface area contributed by atoms with Crippen LogP contribution in [0.15, 0.2) is 18.2 Å². The second kappa shape index (κ2) is 5.21. The summed E-state index contributed by atoms with van der Waals surface area (Å²) in [5.41, 5.74) is -2.01. The first-order valence-electron chi connectivity index (χ1n) is 5.57. The molecule has 1 aromatic carbocycles. The molecule has 0 aliphatic rings. The van der Waals surface area contributed by atoms with E-state index in [1.54, 1.807) is 20.8 Å². The number of carbonyl (C=O) groups is 1. The van der Waals surface area contributed by atoms with Gasteiger partial charge in [-0.05, 0) is 20.8 Å².